The number of carboxylic acids is 1. The molecule has 1 aliphatic heterocycles. The monoisotopic (exact) mass is 297 g/mol. The van der Waals surface area contributed by atoms with Crippen molar-refractivity contribution in [3.63, 3.8) is 0 Å². The molecule has 0 radical (unpaired) electrons. The first-order chi connectivity index (χ1) is 9.74. The molecule has 4 amide bonds. The molecule has 0 bridgehead atoms. The Hall–Kier alpha value is -2.12. The lowest BCUT2D eigenvalue weighted by Gasteiger charge is -2.19. The summed E-state index contributed by atoms with van der Waals surface area (Å²) in [6.07, 6.45) is 1.48. The van der Waals surface area contributed by atoms with E-state index in [9.17, 15) is 19.2 Å². The van der Waals surface area contributed by atoms with Gasteiger partial charge in [0, 0.05) is 6.54 Å². The first-order valence-electron chi connectivity index (χ1n) is 6.88. The van der Waals surface area contributed by atoms with Gasteiger partial charge in [-0.1, -0.05) is 6.92 Å². The number of hydrogen-bond acceptors (Lipinski definition) is 4. The highest BCUT2D eigenvalue weighted by Gasteiger charge is 2.51. The van der Waals surface area contributed by atoms with Crippen molar-refractivity contribution >= 4 is 23.8 Å². The predicted octanol–water partition coefficient (Wildman–Crippen LogP) is -0.312. The zero-order valence-electron chi connectivity index (χ0n) is 12.1. The van der Waals surface area contributed by atoms with Crippen molar-refractivity contribution in [1.82, 2.24) is 15.5 Å². The number of imide groups is 1. The first kappa shape index (κ1) is 15.3. The molecule has 1 saturated heterocycles. The fourth-order valence-corrected chi connectivity index (χ4v) is 2.21. The zero-order valence-corrected chi connectivity index (χ0v) is 12.1. The molecule has 1 atom stereocenters. The molecule has 0 aromatic carbocycles. The maximum atomic E-state index is 12.1. The zero-order chi connectivity index (χ0) is 15.8. The third-order valence-corrected chi connectivity index (χ3v) is 4.29. The summed E-state index contributed by atoms with van der Waals surface area (Å²) in [4.78, 5) is 47.5. The van der Waals surface area contributed by atoms with Crippen LogP contribution in [0.2, 0.25) is 0 Å². The second-order valence-corrected chi connectivity index (χ2v) is 5.87. The fraction of sp³-hybridized carbons (Fsp3) is 0.692. The van der Waals surface area contributed by atoms with Crippen molar-refractivity contribution in [2.24, 2.45) is 5.41 Å². The number of urea groups is 1. The Morgan fingerprint density at radius 1 is 1.38 bits per heavy atom. The quantitative estimate of drug-likeness (QED) is 0.581. The fourth-order valence-electron chi connectivity index (χ4n) is 2.21. The van der Waals surface area contributed by atoms with Crippen molar-refractivity contribution in [3.05, 3.63) is 0 Å². The number of nitrogens with one attached hydrogen (secondary N) is 2. The van der Waals surface area contributed by atoms with Crippen LogP contribution in [0.25, 0.3) is 0 Å². The highest BCUT2D eigenvalue weighted by Crippen LogP contribution is 2.45. The van der Waals surface area contributed by atoms with Crippen molar-refractivity contribution in [2.75, 3.05) is 13.1 Å². The molecule has 2 rings (SSSR count). The topological polar surface area (TPSA) is 116 Å². The number of carbonyl (C=O) groups is 4. The summed E-state index contributed by atoms with van der Waals surface area (Å²) in [5.41, 5.74) is -1.85. The Bertz CT molecular complexity index is 514. The second-order valence-electron chi connectivity index (χ2n) is 5.87. The Kier molecular flexibility index (Phi) is 3.65. The van der Waals surface area contributed by atoms with Crippen molar-refractivity contribution in [3.8, 4) is 0 Å². The van der Waals surface area contributed by atoms with Gasteiger partial charge in [0.1, 0.15) is 12.1 Å². The summed E-state index contributed by atoms with van der Waals surface area (Å²) in [6, 6.07) is -0.598. The van der Waals surface area contributed by atoms with E-state index < -0.39 is 41.3 Å². The van der Waals surface area contributed by atoms with Crippen LogP contribution in [0, 0.1) is 5.41 Å². The van der Waals surface area contributed by atoms with Gasteiger partial charge in [-0.25, -0.2) is 4.79 Å². The van der Waals surface area contributed by atoms with E-state index in [2.05, 4.69) is 10.6 Å². The predicted molar refractivity (Wildman–Crippen MR) is 71.3 cm³/mol. The largest absolute Gasteiger partial charge is 0.481 e. The Balaban J connectivity index is 1.90. The molecule has 3 N–H and O–H groups in total. The average molecular weight is 297 g/mol. The van der Waals surface area contributed by atoms with Crippen LogP contribution in [-0.4, -0.2) is 52.4 Å². The second kappa shape index (κ2) is 5.01. The number of amides is 4. The molecular weight excluding hydrogens is 278 g/mol. The molecule has 8 nitrogen and oxygen atoms in total. The van der Waals surface area contributed by atoms with Gasteiger partial charge < -0.3 is 15.7 Å². The maximum Gasteiger partial charge on any atom is 0.325 e. The number of carboxylic acid groups (broad SMARTS) is 1. The molecule has 0 aromatic rings. The summed E-state index contributed by atoms with van der Waals surface area (Å²) in [7, 11) is 0. The van der Waals surface area contributed by atoms with E-state index in [1.165, 1.54) is 0 Å². The molecule has 0 spiro atoms. The van der Waals surface area contributed by atoms with Crippen LogP contribution in [0.15, 0.2) is 0 Å². The maximum absolute atomic E-state index is 12.1. The van der Waals surface area contributed by atoms with Crippen LogP contribution in [0.5, 0.6) is 0 Å². The van der Waals surface area contributed by atoms with E-state index in [1.54, 1.807) is 13.8 Å². The minimum atomic E-state index is -0.976. The number of rotatable bonds is 6. The highest BCUT2D eigenvalue weighted by atomic mass is 16.4. The van der Waals surface area contributed by atoms with E-state index >= 15 is 0 Å². The summed E-state index contributed by atoms with van der Waals surface area (Å²) in [6.45, 7) is 3.01. The Morgan fingerprint density at radius 2 is 2.00 bits per heavy atom. The van der Waals surface area contributed by atoms with Gasteiger partial charge in [0.25, 0.3) is 5.91 Å². The van der Waals surface area contributed by atoms with Crippen LogP contribution in [0.1, 0.15) is 33.1 Å². The van der Waals surface area contributed by atoms with E-state index in [4.69, 9.17) is 5.11 Å². The standard InChI is InChI=1S/C13H19N3O5/c1-3-12(2)9(18)16(11(21)15-12)6-8(17)14-7-13(4-5-13)10(19)20/h3-7H2,1-2H3,(H,14,17)(H,15,21)(H,19,20). The smallest absolute Gasteiger partial charge is 0.325 e. The van der Waals surface area contributed by atoms with Gasteiger partial charge in [-0.15, -0.1) is 0 Å². The lowest BCUT2D eigenvalue weighted by Crippen LogP contribution is -2.45. The van der Waals surface area contributed by atoms with Crippen molar-refractivity contribution in [2.45, 2.75) is 38.6 Å². The van der Waals surface area contributed by atoms with Crippen LogP contribution in [0.3, 0.4) is 0 Å². The molecule has 21 heavy (non-hydrogen) atoms. The highest BCUT2D eigenvalue weighted by molar-refractivity contribution is 6.08. The Morgan fingerprint density at radius 3 is 2.43 bits per heavy atom. The van der Waals surface area contributed by atoms with E-state index in [1.807, 2.05) is 0 Å². The normalized spacial score (nSPS) is 26.5. The van der Waals surface area contributed by atoms with E-state index in [0.29, 0.717) is 19.3 Å². The van der Waals surface area contributed by atoms with Crippen molar-refractivity contribution in [1.29, 1.82) is 0 Å². The lowest BCUT2D eigenvalue weighted by molar-refractivity contribution is -0.143. The molecule has 116 valence electrons. The van der Waals surface area contributed by atoms with Gasteiger partial charge in [-0.05, 0) is 26.2 Å². The van der Waals surface area contributed by atoms with E-state index in [-0.39, 0.29) is 6.54 Å². The molecule has 0 aromatic heterocycles. The minimum absolute atomic E-state index is 0.0237. The first-order valence-corrected chi connectivity index (χ1v) is 6.88. The van der Waals surface area contributed by atoms with Crippen LogP contribution >= 0.6 is 0 Å². The molecule has 1 saturated carbocycles. The molecule has 1 aliphatic carbocycles. The number of aliphatic carboxylic acids is 1. The van der Waals surface area contributed by atoms with Crippen LogP contribution in [0.4, 0.5) is 4.79 Å². The minimum Gasteiger partial charge on any atom is -0.481 e. The molecule has 2 fully saturated rings. The summed E-state index contributed by atoms with van der Waals surface area (Å²) in [5, 5.41) is 14.0. The SMILES string of the molecule is CCC1(C)NC(=O)N(CC(=O)NCC2(C(=O)O)CC2)C1=O. The van der Waals surface area contributed by atoms with Crippen molar-refractivity contribution < 1.29 is 24.3 Å². The number of nitrogens with zero attached hydrogens (tertiary/aromatic N) is 1. The lowest BCUT2D eigenvalue weighted by atomic mass is 9.99. The summed E-state index contributed by atoms with van der Waals surface area (Å²) < 4.78 is 0. The van der Waals surface area contributed by atoms with Gasteiger partial charge in [0.05, 0.1) is 5.41 Å². The van der Waals surface area contributed by atoms with Crippen LogP contribution < -0.4 is 10.6 Å². The summed E-state index contributed by atoms with van der Waals surface area (Å²) >= 11 is 0. The van der Waals surface area contributed by atoms with Crippen LogP contribution in [-0.2, 0) is 14.4 Å². The molecule has 8 heteroatoms. The molecular formula is C13H19N3O5. The summed E-state index contributed by atoms with van der Waals surface area (Å²) in [5.74, 6) is -1.91. The molecule has 1 unspecified atom stereocenters. The average Bonchev–Trinajstić information content (AvgIpc) is 3.18. The van der Waals surface area contributed by atoms with Gasteiger partial charge in [-0.2, -0.15) is 0 Å². The van der Waals surface area contributed by atoms with Gasteiger partial charge in [0.15, 0.2) is 0 Å². The van der Waals surface area contributed by atoms with Gasteiger partial charge in [0.2, 0.25) is 5.91 Å². The Labute approximate surface area is 121 Å². The number of hydrogen-bond donors (Lipinski definition) is 3. The van der Waals surface area contributed by atoms with Gasteiger partial charge >= 0.3 is 12.0 Å². The van der Waals surface area contributed by atoms with E-state index in [0.717, 1.165) is 4.90 Å². The third-order valence-electron chi connectivity index (χ3n) is 4.29. The third kappa shape index (κ3) is 2.70. The van der Waals surface area contributed by atoms with Gasteiger partial charge in [-0.3, -0.25) is 19.3 Å². The number of carbonyl (C=O) groups excluding carboxylic acids is 3. The molecule has 1 heterocycles. The molecule has 2 aliphatic rings.